The summed E-state index contributed by atoms with van der Waals surface area (Å²) in [7, 11) is 1.30. The number of carbonyl (C=O) groups excluding carboxylic acids is 2. The number of carbonyl (C=O) groups is 2. The summed E-state index contributed by atoms with van der Waals surface area (Å²) in [5, 5.41) is 6.15. The number of nitrogens with one attached hydrogen (secondary N) is 1. The summed E-state index contributed by atoms with van der Waals surface area (Å²) >= 11 is 2.45. The van der Waals surface area contributed by atoms with E-state index in [-0.39, 0.29) is 5.91 Å². The van der Waals surface area contributed by atoms with E-state index in [4.69, 9.17) is 9.47 Å². The van der Waals surface area contributed by atoms with E-state index in [9.17, 15) is 9.59 Å². The Balaban J connectivity index is 1.83. The Hall–Kier alpha value is -2.06. The van der Waals surface area contributed by atoms with Crippen LogP contribution < -0.4 is 14.8 Å². The molecule has 6 nitrogen and oxygen atoms in total. The fourth-order valence-electron chi connectivity index (χ4n) is 1.86. The largest absolute Gasteiger partial charge is 0.485 e. The van der Waals surface area contributed by atoms with Crippen LogP contribution in [-0.2, 0) is 4.74 Å². The van der Waals surface area contributed by atoms with Gasteiger partial charge in [-0.2, -0.15) is 0 Å². The maximum Gasteiger partial charge on any atom is 0.350 e. The second-order valence-corrected chi connectivity index (χ2v) is 5.86. The first kappa shape index (κ1) is 13.9. The SMILES string of the molecule is COC(=O)c1sccc1NC(=O)c1scc2c1OCCO2. The number of ether oxygens (including phenoxy) is 3. The number of hydrogen-bond acceptors (Lipinski definition) is 7. The molecule has 0 radical (unpaired) electrons. The maximum absolute atomic E-state index is 12.3. The van der Waals surface area contributed by atoms with Gasteiger partial charge in [0.2, 0.25) is 0 Å². The predicted molar refractivity (Wildman–Crippen MR) is 78.9 cm³/mol. The Labute approximate surface area is 128 Å². The maximum atomic E-state index is 12.3. The minimum absolute atomic E-state index is 0.338. The van der Waals surface area contributed by atoms with Crippen molar-refractivity contribution in [2.24, 2.45) is 0 Å². The molecule has 1 amide bonds. The smallest absolute Gasteiger partial charge is 0.350 e. The first-order valence-corrected chi connectivity index (χ1v) is 7.81. The minimum Gasteiger partial charge on any atom is -0.485 e. The molecule has 3 heterocycles. The molecular formula is C13H11NO5S2. The highest BCUT2D eigenvalue weighted by Gasteiger charge is 2.25. The van der Waals surface area contributed by atoms with Gasteiger partial charge in [-0.1, -0.05) is 0 Å². The third-order valence-electron chi connectivity index (χ3n) is 2.79. The molecular weight excluding hydrogens is 314 g/mol. The van der Waals surface area contributed by atoms with Crippen LogP contribution in [0.1, 0.15) is 19.3 Å². The van der Waals surface area contributed by atoms with Gasteiger partial charge >= 0.3 is 5.97 Å². The van der Waals surface area contributed by atoms with Crippen molar-refractivity contribution in [2.75, 3.05) is 25.6 Å². The summed E-state index contributed by atoms with van der Waals surface area (Å²) in [6.45, 7) is 0.887. The predicted octanol–water partition coefficient (Wildman–Crippen LogP) is 2.62. The summed E-state index contributed by atoms with van der Waals surface area (Å²) in [5.41, 5.74) is 0.427. The van der Waals surface area contributed by atoms with Gasteiger partial charge in [-0.05, 0) is 11.4 Å². The second-order valence-electron chi connectivity index (χ2n) is 4.06. The Morgan fingerprint density at radius 2 is 2.05 bits per heavy atom. The van der Waals surface area contributed by atoms with E-state index in [0.29, 0.717) is 40.2 Å². The van der Waals surface area contributed by atoms with Crippen LogP contribution in [0.3, 0.4) is 0 Å². The number of esters is 1. The standard InChI is InChI=1S/C13H11NO5S2/c1-17-13(16)10-7(2-5-20-10)14-12(15)11-9-8(6-21-11)18-3-4-19-9/h2,5-6H,3-4H2,1H3,(H,14,15). The number of hydrogen-bond donors (Lipinski definition) is 1. The Kier molecular flexibility index (Phi) is 3.80. The summed E-state index contributed by atoms with van der Waals surface area (Å²) in [6.07, 6.45) is 0. The van der Waals surface area contributed by atoms with E-state index in [1.807, 2.05) is 0 Å². The van der Waals surface area contributed by atoms with Crippen LogP contribution in [0.15, 0.2) is 16.8 Å². The van der Waals surface area contributed by atoms with E-state index in [2.05, 4.69) is 10.1 Å². The van der Waals surface area contributed by atoms with Crippen molar-refractivity contribution in [3.05, 3.63) is 26.6 Å². The fourth-order valence-corrected chi connectivity index (χ4v) is 3.45. The third-order valence-corrected chi connectivity index (χ3v) is 4.62. The van der Waals surface area contributed by atoms with E-state index in [0.717, 1.165) is 0 Å². The van der Waals surface area contributed by atoms with Gasteiger partial charge in [-0.15, -0.1) is 22.7 Å². The van der Waals surface area contributed by atoms with Gasteiger partial charge in [-0.3, -0.25) is 4.79 Å². The van der Waals surface area contributed by atoms with Crippen LogP contribution in [0.25, 0.3) is 0 Å². The molecule has 0 aromatic carbocycles. The summed E-state index contributed by atoms with van der Waals surface area (Å²) < 4.78 is 15.5. The highest BCUT2D eigenvalue weighted by atomic mass is 32.1. The van der Waals surface area contributed by atoms with Gasteiger partial charge in [-0.25, -0.2) is 4.79 Å². The zero-order chi connectivity index (χ0) is 14.8. The molecule has 1 aliphatic heterocycles. The Morgan fingerprint density at radius 1 is 1.24 bits per heavy atom. The number of anilines is 1. The zero-order valence-corrected chi connectivity index (χ0v) is 12.6. The molecule has 2 aromatic heterocycles. The molecule has 0 fully saturated rings. The van der Waals surface area contributed by atoms with Crippen molar-refractivity contribution < 1.29 is 23.8 Å². The lowest BCUT2D eigenvalue weighted by Crippen LogP contribution is -2.18. The van der Waals surface area contributed by atoms with Crippen LogP contribution in [0.5, 0.6) is 11.5 Å². The molecule has 0 spiro atoms. The van der Waals surface area contributed by atoms with Crippen LogP contribution in [-0.4, -0.2) is 32.2 Å². The first-order chi connectivity index (χ1) is 10.2. The monoisotopic (exact) mass is 325 g/mol. The molecule has 0 aliphatic carbocycles. The van der Waals surface area contributed by atoms with Gasteiger partial charge in [0.1, 0.15) is 23.0 Å². The molecule has 0 unspecified atom stereocenters. The third kappa shape index (κ3) is 2.59. The van der Waals surface area contributed by atoms with Crippen LogP contribution in [0.4, 0.5) is 5.69 Å². The van der Waals surface area contributed by atoms with E-state index in [1.165, 1.54) is 29.8 Å². The number of amides is 1. The lowest BCUT2D eigenvalue weighted by atomic mass is 10.3. The molecule has 0 bridgehead atoms. The van der Waals surface area contributed by atoms with E-state index in [1.54, 1.807) is 16.8 Å². The van der Waals surface area contributed by atoms with Gasteiger partial charge in [0.25, 0.3) is 5.91 Å². The summed E-state index contributed by atoms with van der Waals surface area (Å²) in [4.78, 5) is 24.7. The molecule has 0 atom stereocenters. The number of thiophene rings is 2. The molecule has 110 valence electrons. The average Bonchev–Trinajstić information content (AvgIpc) is 3.12. The topological polar surface area (TPSA) is 73.9 Å². The normalized spacial score (nSPS) is 12.8. The number of methoxy groups -OCH3 is 1. The Morgan fingerprint density at radius 3 is 2.86 bits per heavy atom. The molecule has 3 rings (SSSR count). The quantitative estimate of drug-likeness (QED) is 0.878. The molecule has 1 aliphatic rings. The van der Waals surface area contributed by atoms with E-state index < -0.39 is 5.97 Å². The highest BCUT2D eigenvalue weighted by Crippen LogP contribution is 2.39. The van der Waals surface area contributed by atoms with Gasteiger partial charge < -0.3 is 19.5 Å². The van der Waals surface area contributed by atoms with Crippen molar-refractivity contribution in [2.45, 2.75) is 0 Å². The molecule has 1 N–H and O–H groups in total. The van der Waals surface area contributed by atoms with Crippen molar-refractivity contribution in [1.82, 2.24) is 0 Å². The van der Waals surface area contributed by atoms with Crippen molar-refractivity contribution in [3.8, 4) is 11.5 Å². The van der Waals surface area contributed by atoms with Crippen LogP contribution in [0, 0.1) is 0 Å². The van der Waals surface area contributed by atoms with Gasteiger partial charge in [0, 0.05) is 5.38 Å². The minimum atomic E-state index is -0.479. The van der Waals surface area contributed by atoms with Gasteiger partial charge in [0.15, 0.2) is 11.5 Å². The Bertz CT molecular complexity index is 691. The van der Waals surface area contributed by atoms with Crippen molar-refractivity contribution in [3.63, 3.8) is 0 Å². The summed E-state index contributed by atoms with van der Waals surface area (Å²) in [6, 6.07) is 1.66. The first-order valence-electron chi connectivity index (χ1n) is 6.05. The molecule has 0 saturated heterocycles. The van der Waals surface area contributed by atoms with Crippen LogP contribution >= 0.6 is 22.7 Å². The number of fused-ring (bicyclic) bond motifs is 1. The van der Waals surface area contributed by atoms with E-state index >= 15 is 0 Å². The lowest BCUT2D eigenvalue weighted by Gasteiger charge is -2.15. The number of rotatable bonds is 3. The molecule has 21 heavy (non-hydrogen) atoms. The van der Waals surface area contributed by atoms with Gasteiger partial charge in [0.05, 0.1) is 12.8 Å². The lowest BCUT2D eigenvalue weighted by molar-refractivity contribution is 0.0607. The zero-order valence-electron chi connectivity index (χ0n) is 11.0. The van der Waals surface area contributed by atoms with Crippen molar-refractivity contribution >= 4 is 40.2 Å². The summed E-state index contributed by atoms with van der Waals surface area (Å²) in [5.74, 6) is 0.219. The molecule has 0 saturated carbocycles. The highest BCUT2D eigenvalue weighted by molar-refractivity contribution is 7.13. The average molecular weight is 325 g/mol. The molecule has 8 heteroatoms. The van der Waals surface area contributed by atoms with Crippen LogP contribution in [0.2, 0.25) is 0 Å². The van der Waals surface area contributed by atoms with Crippen molar-refractivity contribution in [1.29, 1.82) is 0 Å². The second kappa shape index (κ2) is 5.74. The fraction of sp³-hybridized carbons (Fsp3) is 0.231. The molecule has 2 aromatic rings.